The van der Waals surface area contributed by atoms with Gasteiger partial charge in [-0.3, -0.25) is 4.39 Å². The Morgan fingerprint density at radius 1 is 1.39 bits per heavy atom. The van der Waals surface area contributed by atoms with E-state index in [1.807, 2.05) is 13.0 Å². The summed E-state index contributed by atoms with van der Waals surface area (Å²) in [6, 6.07) is 5.02. The van der Waals surface area contributed by atoms with E-state index in [4.69, 9.17) is 4.74 Å². The molecular weight excluding hydrogens is 236 g/mol. The lowest BCUT2D eigenvalue weighted by molar-refractivity contribution is 0.277. The Kier molecular flexibility index (Phi) is 6.65. The summed E-state index contributed by atoms with van der Waals surface area (Å²) < 4.78 is 30.8. The van der Waals surface area contributed by atoms with Gasteiger partial charge in [-0.2, -0.15) is 0 Å². The second-order valence-electron chi connectivity index (χ2n) is 4.26. The summed E-state index contributed by atoms with van der Waals surface area (Å²) in [6.45, 7) is 4.74. The van der Waals surface area contributed by atoms with Crippen LogP contribution in [0.5, 0.6) is 5.75 Å². The Morgan fingerprint density at radius 2 is 2.17 bits per heavy atom. The number of hydrogen-bond acceptors (Lipinski definition) is 2. The molecule has 0 heterocycles. The molecule has 18 heavy (non-hydrogen) atoms. The molecule has 1 aromatic carbocycles. The molecule has 0 aromatic heterocycles. The second kappa shape index (κ2) is 8.03. The number of nitrogens with one attached hydrogen (secondary N) is 1. The van der Waals surface area contributed by atoms with Gasteiger partial charge in [0.25, 0.3) is 0 Å². The number of hydrogen-bond donors (Lipinski definition) is 1. The van der Waals surface area contributed by atoms with Crippen LogP contribution >= 0.6 is 0 Å². The third kappa shape index (κ3) is 4.61. The summed E-state index contributed by atoms with van der Waals surface area (Å²) in [6.07, 6.45) is 1.33. The Hall–Kier alpha value is -1.16. The second-order valence-corrected chi connectivity index (χ2v) is 4.26. The molecule has 0 fully saturated rings. The van der Waals surface area contributed by atoms with Crippen molar-refractivity contribution in [2.45, 2.75) is 32.7 Å². The molecule has 0 saturated heterocycles. The van der Waals surface area contributed by atoms with Crippen LogP contribution in [-0.2, 0) is 0 Å². The predicted molar refractivity (Wildman–Crippen MR) is 69.2 cm³/mol. The number of benzene rings is 1. The van der Waals surface area contributed by atoms with Gasteiger partial charge in [0.1, 0.15) is 0 Å². The highest BCUT2D eigenvalue weighted by Crippen LogP contribution is 2.22. The normalized spacial score (nSPS) is 12.4. The number of ether oxygens (including phenoxy) is 1. The van der Waals surface area contributed by atoms with Gasteiger partial charge in [0.2, 0.25) is 0 Å². The van der Waals surface area contributed by atoms with Crippen LogP contribution in [0.25, 0.3) is 0 Å². The molecule has 102 valence electrons. The topological polar surface area (TPSA) is 21.3 Å². The van der Waals surface area contributed by atoms with Crippen LogP contribution in [0, 0.1) is 5.82 Å². The zero-order chi connectivity index (χ0) is 13.4. The van der Waals surface area contributed by atoms with E-state index in [1.54, 1.807) is 6.07 Å². The molecule has 1 rings (SSSR count). The Bertz CT molecular complexity index is 358. The Balaban J connectivity index is 2.60. The molecular formula is C14H21F2NO. The number of rotatable bonds is 8. The van der Waals surface area contributed by atoms with Crippen LogP contribution in [0.15, 0.2) is 18.2 Å². The fraction of sp³-hybridized carbons (Fsp3) is 0.571. The van der Waals surface area contributed by atoms with Gasteiger partial charge in [0, 0.05) is 12.5 Å². The molecule has 0 aliphatic rings. The fourth-order valence-corrected chi connectivity index (χ4v) is 1.62. The summed E-state index contributed by atoms with van der Waals surface area (Å²) in [5.74, 6) is -0.202. The van der Waals surface area contributed by atoms with E-state index >= 15 is 0 Å². The Morgan fingerprint density at radius 3 is 2.78 bits per heavy atom. The molecule has 0 bridgehead atoms. The first-order valence-corrected chi connectivity index (χ1v) is 6.40. The van der Waals surface area contributed by atoms with E-state index in [2.05, 4.69) is 12.2 Å². The molecule has 0 spiro atoms. The van der Waals surface area contributed by atoms with Crippen LogP contribution in [0.1, 0.15) is 38.3 Å². The summed E-state index contributed by atoms with van der Waals surface area (Å²) >= 11 is 0. The SMILES string of the molecule is CCCNC(C)c1ccc(OCCCF)c(F)c1. The van der Waals surface area contributed by atoms with Gasteiger partial charge < -0.3 is 10.1 Å². The molecule has 0 aliphatic heterocycles. The van der Waals surface area contributed by atoms with Crippen LogP contribution in [0.2, 0.25) is 0 Å². The van der Waals surface area contributed by atoms with Gasteiger partial charge in [-0.25, -0.2) is 4.39 Å². The lowest BCUT2D eigenvalue weighted by Gasteiger charge is -2.15. The fourth-order valence-electron chi connectivity index (χ4n) is 1.62. The van der Waals surface area contributed by atoms with Crippen molar-refractivity contribution >= 4 is 0 Å². The minimum atomic E-state index is -0.447. The first kappa shape index (κ1) is 14.9. The maximum Gasteiger partial charge on any atom is 0.165 e. The largest absolute Gasteiger partial charge is 0.490 e. The van der Waals surface area contributed by atoms with E-state index in [0.29, 0.717) is 0 Å². The molecule has 0 saturated carbocycles. The van der Waals surface area contributed by atoms with Crippen molar-refractivity contribution < 1.29 is 13.5 Å². The molecule has 2 nitrogen and oxygen atoms in total. The molecule has 0 radical (unpaired) electrons. The van der Waals surface area contributed by atoms with Gasteiger partial charge in [-0.1, -0.05) is 13.0 Å². The van der Waals surface area contributed by atoms with E-state index in [1.165, 1.54) is 6.07 Å². The van der Waals surface area contributed by atoms with E-state index in [-0.39, 0.29) is 24.8 Å². The van der Waals surface area contributed by atoms with Gasteiger partial charge in [0.05, 0.1) is 13.3 Å². The van der Waals surface area contributed by atoms with E-state index < -0.39 is 12.5 Å². The van der Waals surface area contributed by atoms with Crippen molar-refractivity contribution in [2.75, 3.05) is 19.8 Å². The molecule has 0 amide bonds. The molecule has 0 aliphatic carbocycles. The highest BCUT2D eigenvalue weighted by atomic mass is 19.1. The summed E-state index contributed by atoms with van der Waals surface area (Å²) in [7, 11) is 0. The van der Waals surface area contributed by atoms with E-state index in [0.717, 1.165) is 18.5 Å². The number of alkyl halides is 1. The van der Waals surface area contributed by atoms with Crippen LogP contribution in [-0.4, -0.2) is 19.8 Å². The molecule has 4 heteroatoms. The van der Waals surface area contributed by atoms with Crippen molar-refractivity contribution in [1.82, 2.24) is 5.32 Å². The standard InChI is InChI=1S/C14H21F2NO/c1-3-8-17-11(2)12-5-6-14(13(16)10-12)18-9-4-7-15/h5-6,10-11,17H,3-4,7-9H2,1-2H3. The zero-order valence-electron chi connectivity index (χ0n) is 11.0. The van der Waals surface area contributed by atoms with Crippen molar-refractivity contribution in [3.8, 4) is 5.75 Å². The highest BCUT2D eigenvalue weighted by Gasteiger charge is 2.09. The maximum absolute atomic E-state index is 13.7. The number of halogens is 2. The monoisotopic (exact) mass is 257 g/mol. The first-order chi connectivity index (χ1) is 8.69. The molecule has 1 N–H and O–H groups in total. The third-order valence-electron chi connectivity index (χ3n) is 2.69. The summed E-state index contributed by atoms with van der Waals surface area (Å²) in [4.78, 5) is 0. The Labute approximate surface area is 107 Å². The molecule has 1 aromatic rings. The van der Waals surface area contributed by atoms with Gasteiger partial charge in [-0.15, -0.1) is 0 Å². The highest BCUT2D eigenvalue weighted by molar-refractivity contribution is 5.30. The van der Waals surface area contributed by atoms with Gasteiger partial charge >= 0.3 is 0 Å². The van der Waals surface area contributed by atoms with Crippen molar-refractivity contribution in [3.05, 3.63) is 29.6 Å². The minimum absolute atomic E-state index is 0.111. The average Bonchev–Trinajstić information content (AvgIpc) is 2.38. The lowest BCUT2D eigenvalue weighted by atomic mass is 10.1. The third-order valence-corrected chi connectivity index (χ3v) is 2.69. The van der Waals surface area contributed by atoms with Crippen LogP contribution < -0.4 is 10.1 Å². The molecule has 1 unspecified atom stereocenters. The average molecular weight is 257 g/mol. The minimum Gasteiger partial charge on any atom is -0.490 e. The summed E-state index contributed by atoms with van der Waals surface area (Å²) in [5.41, 5.74) is 0.888. The van der Waals surface area contributed by atoms with Crippen molar-refractivity contribution in [3.63, 3.8) is 0 Å². The first-order valence-electron chi connectivity index (χ1n) is 6.40. The molecule has 1 atom stereocenters. The van der Waals surface area contributed by atoms with E-state index in [9.17, 15) is 8.78 Å². The van der Waals surface area contributed by atoms with Crippen LogP contribution in [0.3, 0.4) is 0 Å². The smallest absolute Gasteiger partial charge is 0.165 e. The maximum atomic E-state index is 13.7. The quantitative estimate of drug-likeness (QED) is 0.718. The predicted octanol–water partition coefficient (Wildman–Crippen LogP) is 3.62. The van der Waals surface area contributed by atoms with Crippen LogP contribution in [0.4, 0.5) is 8.78 Å². The lowest BCUT2D eigenvalue weighted by Crippen LogP contribution is -2.19. The van der Waals surface area contributed by atoms with Crippen molar-refractivity contribution in [1.29, 1.82) is 0 Å². The van der Waals surface area contributed by atoms with Crippen molar-refractivity contribution in [2.24, 2.45) is 0 Å². The van der Waals surface area contributed by atoms with Gasteiger partial charge in [0.15, 0.2) is 11.6 Å². The zero-order valence-corrected chi connectivity index (χ0v) is 11.0. The van der Waals surface area contributed by atoms with Gasteiger partial charge in [-0.05, 0) is 37.6 Å². The summed E-state index contributed by atoms with van der Waals surface area (Å²) in [5, 5.41) is 3.29.